The predicted molar refractivity (Wildman–Crippen MR) is 89.9 cm³/mol. The molecule has 0 saturated heterocycles. The van der Waals surface area contributed by atoms with Crippen molar-refractivity contribution < 1.29 is 4.79 Å². The number of halogens is 1. The van der Waals surface area contributed by atoms with E-state index in [9.17, 15) is 4.79 Å². The molecule has 3 heterocycles. The molecule has 2 aromatic rings. The molecule has 0 bridgehead atoms. The average molecular weight is 339 g/mol. The lowest BCUT2D eigenvalue weighted by atomic mass is 10.1. The molecule has 3 N–H and O–H groups in total. The largest absolute Gasteiger partial charge is 0.351 e. The minimum absolute atomic E-state index is 0. The molecular formula is C15H23ClN6O. The molecule has 1 aliphatic rings. The number of aromatic amines is 1. The van der Waals surface area contributed by atoms with Crippen LogP contribution in [0.1, 0.15) is 39.6 Å². The summed E-state index contributed by atoms with van der Waals surface area (Å²) in [4.78, 5) is 12.2. The molecular weight excluding hydrogens is 316 g/mol. The van der Waals surface area contributed by atoms with E-state index in [0.29, 0.717) is 18.8 Å². The lowest BCUT2D eigenvalue weighted by molar-refractivity contribution is 0.0946. The van der Waals surface area contributed by atoms with E-state index >= 15 is 0 Å². The van der Waals surface area contributed by atoms with Crippen LogP contribution in [0, 0.1) is 13.8 Å². The van der Waals surface area contributed by atoms with Gasteiger partial charge in [0.2, 0.25) is 0 Å². The van der Waals surface area contributed by atoms with Gasteiger partial charge in [-0.15, -0.1) is 12.4 Å². The second-order valence-corrected chi connectivity index (χ2v) is 5.72. The molecule has 0 atom stereocenters. The maximum atomic E-state index is 12.2. The van der Waals surface area contributed by atoms with E-state index in [4.69, 9.17) is 0 Å². The Kier molecular flexibility index (Phi) is 5.79. The van der Waals surface area contributed by atoms with Gasteiger partial charge in [0.1, 0.15) is 0 Å². The summed E-state index contributed by atoms with van der Waals surface area (Å²) in [6.45, 7) is 7.09. The molecule has 0 aliphatic carbocycles. The van der Waals surface area contributed by atoms with E-state index in [1.54, 1.807) is 0 Å². The Bertz CT molecular complexity index is 678. The summed E-state index contributed by atoms with van der Waals surface area (Å²) in [5.41, 5.74) is 4.77. The Labute approximate surface area is 141 Å². The van der Waals surface area contributed by atoms with Gasteiger partial charge < -0.3 is 10.6 Å². The van der Waals surface area contributed by atoms with Crippen LogP contribution in [0.3, 0.4) is 0 Å². The number of aromatic nitrogens is 4. The molecule has 3 rings (SSSR count). The summed E-state index contributed by atoms with van der Waals surface area (Å²) < 4.78 is 1.97. The van der Waals surface area contributed by atoms with Crippen molar-refractivity contribution in [1.29, 1.82) is 0 Å². The molecule has 0 fully saturated rings. The van der Waals surface area contributed by atoms with Crippen LogP contribution in [-0.2, 0) is 19.5 Å². The zero-order chi connectivity index (χ0) is 15.5. The fourth-order valence-electron chi connectivity index (χ4n) is 2.83. The lowest BCUT2D eigenvalue weighted by Gasteiger charge is -2.12. The van der Waals surface area contributed by atoms with E-state index in [0.717, 1.165) is 48.6 Å². The summed E-state index contributed by atoms with van der Waals surface area (Å²) >= 11 is 0. The minimum atomic E-state index is -0.102. The number of nitrogens with zero attached hydrogens (tertiary/aromatic N) is 3. The molecule has 0 spiro atoms. The lowest BCUT2D eigenvalue weighted by Crippen LogP contribution is -2.29. The summed E-state index contributed by atoms with van der Waals surface area (Å²) in [6, 6.07) is 2.06. The van der Waals surface area contributed by atoms with Crippen molar-refractivity contribution in [1.82, 2.24) is 30.6 Å². The highest BCUT2D eigenvalue weighted by Crippen LogP contribution is 2.15. The molecule has 1 aliphatic heterocycles. The van der Waals surface area contributed by atoms with Crippen LogP contribution in [-0.4, -0.2) is 39.0 Å². The second kappa shape index (κ2) is 7.61. The zero-order valence-corrected chi connectivity index (χ0v) is 14.3. The number of fused-ring (bicyclic) bond motifs is 1. The molecule has 126 valence electrons. The van der Waals surface area contributed by atoms with E-state index in [2.05, 4.69) is 32.0 Å². The van der Waals surface area contributed by atoms with Gasteiger partial charge in [0, 0.05) is 49.6 Å². The maximum absolute atomic E-state index is 12.2. The fraction of sp³-hybridized carbons (Fsp3) is 0.533. The Morgan fingerprint density at radius 3 is 3.00 bits per heavy atom. The first kappa shape index (κ1) is 17.5. The van der Waals surface area contributed by atoms with E-state index in [-0.39, 0.29) is 18.3 Å². The van der Waals surface area contributed by atoms with E-state index in [1.807, 2.05) is 18.5 Å². The zero-order valence-electron chi connectivity index (χ0n) is 13.5. The van der Waals surface area contributed by atoms with Gasteiger partial charge in [0.25, 0.3) is 5.91 Å². The molecule has 0 saturated carbocycles. The number of aryl methyl sites for hydroxylation is 3. The topological polar surface area (TPSA) is 87.6 Å². The first-order valence-electron chi connectivity index (χ1n) is 7.71. The van der Waals surface area contributed by atoms with Gasteiger partial charge >= 0.3 is 0 Å². The summed E-state index contributed by atoms with van der Waals surface area (Å²) in [5.74, 6) is -0.102. The molecule has 2 aromatic heterocycles. The highest BCUT2D eigenvalue weighted by molar-refractivity contribution is 5.94. The van der Waals surface area contributed by atoms with E-state index < -0.39 is 0 Å². The van der Waals surface area contributed by atoms with Crippen molar-refractivity contribution in [3.05, 3.63) is 34.4 Å². The Morgan fingerprint density at radius 1 is 1.43 bits per heavy atom. The van der Waals surface area contributed by atoms with Gasteiger partial charge in [-0.1, -0.05) is 0 Å². The smallest absolute Gasteiger partial charge is 0.272 e. The Morgan fingerprint density at radius 2 is 2.26 bits per heavy atom. The molecule has 8 heteroatoms. The third kappa shape index (κ3) is 3.92. The number of rotatable bonds is 5. The van der Waals surface area contributed by atoms with Crippen LogP contribution in [0.15, 0.2) is 6.07 Å². The molecule has 1 amide bonds. The first-order chi connectivity index (χ1) is 10.6. The van der Waals surface area contributed by atoms with Crippen molar-refractivity contribution in [2.24, 2.45) is 0 Å². The van der Waals surface area contributed by atoms with Gasteiger partial charge in [-0.3, -0.25) is 14.6 Å². The second-order valence-electron chi connectivity index (χ2n) is 5.72. The van der Waals surface area contributed by atoms with Crippen LogP contribution in [0.4, 0.5) is 0 Å². The van der Waals surface area contributed by atoms with Crippen molar-refractivity contribution in [3.8, 4) is 0 Å². The monoisotopic (exact) mass is 338 g/mol. The van der Waals surface area contributed by atoms with Crippen LogP contribution >= 0.6 is 12.4 Å². The van der Waals surface area contributed by atoms with Crippen LogP contribution in [0.5, 0.6) is 0 Å². The third-order valence-corrected chi connectivity index (χ3v) is 3.96. The quantitative estimate of drug-likeness (QED) is 0.713. The Balaban J connectivity index is 0.00000192. The van der Waals surface area contributed by atoms with Gasteiger partial charge in [0.15, 0.2) is 5.69 Å². The summed E-state index contributed by atoms with van der Waals surface area (Å²) in [7, 11) is 0. The third-order valence-electron chi connectivity index (χ3n) is 3.96. The van der Waals surface area contributed by atoms with Crippen LogP contribution < -0.4 is 10.6 Å². The number of carbonyl (C=O) groups is 1. The molecule has 23 heavy (non-hydrogen) atoms. The van der Waals surface area contributed by atoms with Crippen molar-refractivity contribution in [2.75, 3.05) is 13.1 Å². The highest BCUT2D eigenvalue weighted by Gasteiger charge is 2.21. The highest BCUT2D eigenvalue weighted by atomic mass is 35.5. The average Bonchev–Trinajstić information content (AvgIpc) is 3.06. The molecule has 0 radical (unpaired) electrons. The van der Waals surface area contributed by atoms with Gasteiger partial charge in [0.05, 0.1) is 5.69 Å². The van der Waals surface area contributed by atoms with Crippen molar-refractivity contribution in [2.45, 2.75) is 39.8 Å². The van der Waals surface area contributed by atoms with Gasteiger partial charge in [-0.25, -0.2) is 0 Å². The Hall–Kier alpha value is -1.86. The number of hydrogen-bond acceptors (Lipinski definition) is 4. The van der Waals surface area contributed by atoms with Gasteiger partial charge in [-0.05, 0) is 26.3 Å². The number of nitrogens with one attached hydrogen (secondary N) is 3. The van der Waals surface area contributed by atoms with Crippen LogP contribution in [0.2, 0.25) is 0 Å². The SMILES string of the molecule is Cc1cc(C)n(CCCNC(=O)c2n[nH]c3c2CNCC3)n1.Cl. The van der Waals surface area contributed by atoms with Gasteiger partial charge in [-0.2, -0.15) is 10.2 Å². The number of H-pyrrole nitrogens is 1. The molecule has 0 unspecified atom stereocenters. The fourth-order valence-corrected chi connectivity index (χ4v) is 2.83. The van der Waals surface area contributed by atoms with Crippen LogP contribution in [0.25, 0.3) is 0 Å². The predicted octanol–water partition coefficient (Wildman–Crippen LogP) is 1.11. The van der Waals surface area contributed by atoms with Crippen molar-refractivity contribution in [3.63, 3.8) is 0 Å². The summed E-state index contributed by atoms with van der Waals surface area (Å²) in [5, 5.41) is 17.7. The number of hydrogen-bond donors (Lipinski definition) is 3. The minimum Gasteiger partial charge on any atom is -0.351 e. The normalized spacial score (nSPS) is 13.3. The number of amides is 1. The summed E-state index contributed by atoms with van der Waals surface area (Å²) in [6.07, 6.45) is 1.74. The van der Waals surface area contributed by atoms with Crippen molar-refractivity contribution >= 4 is 18.3 Å². The molecule has 7 nitrogen and oxygen atoms in total. The number of carbonyl (C=O) groups excluding carboxylic acids is 1. The first-order valence-corrected chi connectivity index (χ1v) is 7.71. The maximum Gasteiger partial charge on any atom is 0.272 e. The molecule has 0 aromatic carbocycles. The van der Waals surface area contributed by atoms with E-state index in [1.165, 1.54) is 0 Å². The standard InChI is InChI=1S/C15H22N6O.ClH/c1-10-8-11(2)21(20-10)7-3-5-17-15(22)14-12-9-16-6-4-13(12)18-19-14;/h8,16H,3-7,9H2,1-2H3,(H,17,22)(H,18,19);1H.